The van der Waals surface area contributed by atoms with Gasteiger partial charge < -0.3 is 5.32 Å². The fourth-order valence-corrected chi connectivity index (χ4v) is 3.81. The molecule has 0 aromatic carbocycles. The molecule has 1 aromatic heterocycles. The zero-order chi connectivity index (χ0) is 12.1. The molecule has 1 aliphatic carbocycles. The molecule has 1 N–H and O–H groups in total. The second kappa shape index (κ2) is 6.55. The molecule has 1 aromatic rings. The molecule has 0 aliphatic heterocycles. The summed E-state index contributed by atoms with van der Waals surface area (Å²) in [6.45, 7) is 5.65. The lowest BCUT2D eigenvalue weighted by Gasteiger charge is -2.31. The normalized spacial score (nSPS) is 25.1. The van der Waals surface area contributed by atoms with Crippen LogP contribution < -0.4 is 5.32 Å². The molecule has 1 heterocycles. The number of hydrogen-bond acceptors (Lipinski definition) is 2. The summed E-state index contributed by atoms with van der Waals surface area (Å²) in [6, 6.07) is 5.33. The van der Waals surface area contributed by atoms with Crippen LogP contribution in [-0.4, -0.2) is 6.04 Å². The van der Waals surface area contributed by atoms with E-state index in [9.17, 15) is 0 Å². The zero-order valence-corrected chi connectivity index (χ0v) is 12.0. The monoisotopic (exact) mass is 251 g/mol. The van der Waals surface area contributed by atoms with E-state index in [-0.39, 0.29) is 0 Å². The van der Waals surface area contributed by atoms with Gasteiger partial charge in [-0.2, -0.15) is 0 Å². The maximum absolute atomic E-state index is 3.79. The van der Waals surface area contributed by atoms with Gasteiger partial charge in [-0.05, 0) is 37.3 Å². The van der Waals surface area contributed by atoms with E-state index in [1.165, 1.54) is 48.3 Å². The molecule has 0 saturated heterocycles. The van der Waals surface area contributed by atoms with Crippen LogP contribution in [-0.2, 0) is 13.0 Å². The van der Waals surface area contributed by atoms with Crippen molar-refractivity contribution in [2.75, 3.05) is 0 Å². The van der Waals surface area contributed by atoms with Gasteiger partial charge in [0.1, 0.15) is 0 Å². The quantitative estimate of drug-likeness (QED) is 0.819. The van der Waals surface area contributed by atoms with Crippen LogP contribution in [0.25, 0.3) is 0 Å². The zero-order valence-electron chi connectivity index (χ0n) is 11.2. The lowest BCUT2D eigenvalue weighted by atomic mass is 9.83. The Bertz CT molecular complexity index is 331. The first-order valence-corrected chi connectivity index (χ1v) is 7.96. The van der Waals surface area contributed by atoms with Gasteiger partial charge >= 0.3 is 0 Å². The average Bonchev–Trinajstić information content (AvgIpc) is 2.84. The fraction of sp³-hybridized carbons (Fsp3) is 0.733. The predicted octanol–water partition coefficient (Wildman–Crippen LogP) is 4.37. The van der Waals surface area contributed by atoms with Crippen molar-refractivity contribution >= 4 is 11.3 Å². The van der Waals surface area contributed by atoms with Crippen LogP contribution in [0, 0.1) is 5.92 Å². The molecule has 2 unspecified atom stereocenters. The molecule has 0 amide bonds. The molecule has 2 heteroatoms. The number of rotatable bonds is 5. The minimum atomic E-state index is 0.765. The van der Waals surface area contributed by atoms with Crippen molar-refractivity contribution in [3.8, 4) is 0 Å². The summed E-state index contributed by atoms with van der Waals surface area (Å²) in [5.41, 5.74) is 0. The van der Waals surface area contributed by atoms with Crippen molar-refractivity contribution in [3.05, 3.63) is 21.9 Å². The molecule has 0 radical (unpaired) electrons. The molecule has 1 fully saturated rings. The summed E-state index contributed by atoms with van der Waals surface area (Å²) >= 11 is 1.97. The van der Waals surface area contributed by atoms with E-state index < -0.39 is 0 Å². The van der Waals surface area contributed by atoms with Crippen LogP contribution in [0.1, 0.15) is 55.7 Å². The van der Waals surface area contributed by atoms with E-state index in [4.69, 9.17) is 0 Å². The molecule has 0 bridgehead atoms. The highest BCUT2D eigenvalue weighted by atomic mass is 32.1. The van der Waals surface area contributed by atoms with Gasteiger partial charge in [0.25, 0.3) is 0 Å². The fourth-order valence-electron chi connectivity index (χ4n) is 2.90. The summed E-state index contributed by atoms with van der Waals surface area (Å²) in [7, 11) is 0. The Balaban J connectivity index is 1.83. The Morgan fingerprint density at radius 1 is 1.18 bits per heavy atom. The van der Waals surface area contributed by atoms with Gasteiger partial charge in [0.05, 0.1) is 0 Å². The molecule has 17 heavy (non-hydrogen) atoms. The van der Waals surface area contributed by atoms with Crippen LogP contribution >= 0.6 is 11.3 Å². The Morgan fingerprint density at radius 2 is 1.94 bits per heavy atom. The summed E-state index contributed by atoms with van der Waals surface area (Å²) in [5, 5.41) is 3.79. The molecule has 1 saturated carbocycles. The lowest BCUT2D eigenvalue weighted by molar-refractivity contribution is 0.255. The van der Waals surface area contributed by atoms with E-state index in [1.807, 2.05) is 11.3 Å². The van der Waals surface area contributed by atoms with E-state index in [0.29, 0.717) is 0 Å². The van der Waals surface area contributed by atoms with Crippen LogP contribution in [0.3, 0.4) is 0 Å². The smallest absolute Gasteiger partial charge is 0.0302 e. The molecule has 2 rings (SSSR count). The van der Waals surface area contributed by atoms with Gasteiger partial charge in [0, 0.05) is 22.3 Å². The van der Waals surface area contributed by atoms with Gasteiger partial charge in [-0.25, -0.2) is 0 Å². The largest absolute Gasteiger partial charge is 0.309 e. The number of aryl methyl sites for hydroxylation is 1. The predicted molar refractivity (Wildman–Crippen MR) is 76.6 cm³/mol. The van der Waals surface area contributed by atoms with Gasteiger partial charge in [0.15, 0.2) is 0 Å². The van der Waals surface area contributed by atoms with Crippen LogP contribution in [0.4, 0.5) is 0 Å². The SMILES string of the molecule is CCc1ccc(CNC2CCCCC2CC)s1. The van der Waals surface area contributed by atoms with Crippen molar-refractivity contribution in [1.29, 1.82) is 0 Å². The maximum atomic E-state index is 3.79. The first-order chi connectivity index (χ1) is 8.33. The third-order valence-corrected chi connectivity index (χ3v) is 5.27. The second-order valence-corrected chi connectivity index (χ2v) is 6.41. The molecule has 1 nitrogen and oxygen atoms in total. The van der Waals surface area contributed by atoms with Crippen molar-refractivity contribution in [3.63, 3.8) is 0 Å². The van der Waals surface area contributed by atoms with Crippen LogP contribution in [0.15, 0.2) is 12.1 Å². The van der Waals surface area contributed by atoms with Gasteiger partial charge in [-0.3, -0.25) is 0 Å². The Labute approximate surface area is 110 Å². The first kappa shape index (κ1) is 13.1. The lowest BCUT2D eigenvalue weighted by Crippen LogP contribution is -2.37. The van der Waals surface area contributed by atoms with Crippen molar-refractivity contribution in [2.45, 2.75) is 65.0 Å². The highest BCUT2D eigenvalue weighted by Crippen LogP contribution is 2.27. The summed E-state index contributed by atoms with van der Waals surface area (Å²) in [5.74, 6) is 0.911. The van der Waals surface area contributed by atoms with E-state index in [2.05, 4.69) is 31.3 Å². The molecular weight excluding hydrogens is 226 g/mol. The summed E-state index contributed by atoms with van der Waals surface area (Å²) in [6.07, 6.45) is 8.17. The Morgan fingerprint density at radius 3 is 2.65 bits per heavy atom. The van der Waals surface area contributed by atoms with Gasteiger partial charge in [-0.1, -0.05) is 33.1 Å². The number of hydrogen-bond donors (Lipinski definition) is 1. The van der Waals surface area contributed by atoms with E-state index >= 15 is 0 Å². The standard InChI is InChI=1S/C15H25NS/c1-3-12-7-5-6-8-15(12)16-11-14-10-9-13(4-2)17-14/h9-10,12,15-16H,3-8,11H2,1-2H3. The minimum absolute atomic E-state index is 0.765. The number of thiophene rings is 1. The van der Waals surface area contributed by atoms with Crippen LogP contribution in [0.2, 0.25) is 0 Å². The highest BCUT2D eigenvalue weighted by molar-refractivity contribution is 7.11. The Hall–Kier alpha value is -0.340. The maximum Gasteiger partial charge on any atom is 0.0302 e. The molecule has 0 spiro atoms. The van der Waals surface area contributed by atoms with E-state index in [1.54, 1.807) is 0 Å². The van der Waals surface area contributed by atoms with Crippen LogP contribution in [0.5, 0.6) is 0 Å². The summed E-state index contributed by atoms with van der Waals surface area (Å²) < 4.78 is 0. The molecular formula is C15H25NS. The average molecular weight is 251 g/mol. The van der Waals surface area contributed by atoms with Crippen molar-refractivity contribution < 1.29 is 0 Å². The first-order valence-electron chi connectivity index (χ1n) is 7.14. The minimum Gasteiger partial charge on any atom is -0.309 e. The molecule has 2 atom stereocenters. The third-order valence-electron chi connectivity index (χ3n) is 4.04. The Kier molecular flexibility index (Phi) is 5.05. The highest BCUT2D eigenvalue weighted by Gasteiger charge is 2.22. The molecule has 96 valence electrons. The summed E-state index contributed by atoms with van der Waals surface area (Å²) in [4.78, 5) is 3.01. The number of nitrogens with one attached hydrogen (secondary N) is 1. The molecule has 1 aliphatic rings. The van der Waals surface area contributed by atoms with E-state index in [0.717, 1.165) is 18.5 Å². The topological polar surface area (TPSA) is 12.0 Å². The third kappa shape index (κ3) is 3.56. The van der Waals surface area contributed by atoms with Crippen molar-refractivity contribution in [1.82, 2.24) is 5.32 Å². The van der Waals surface area contributed by atoms with Crippen molar-refractivity contribution in [2.24, 2.45) is 5.92 Å². The second-order valence-electron chi connectivity index (χ2n) is 5.16. The van der Waals surface area contributed by atoms with Gasteiger partial charge in [0.2, 0.25) is 0 Å². The van der Waals surface area contributed by atoms with Gasteiger partial charge in [-0.15, -0.1) is 11.3 Å².